The predicted molar refractivity (Wildman–Crippen MR) is 110 cm³/mol. The summed E-state index contributed by atoms with van der Waals surface area (Å²) in [5, 5.41) is 2.91. The Morgan fingerprint density at radius 2 is 1.83 bits per heavy atom. The smallest absolute Gasteiger partial charge is 0.270 e. The molecule has 0 unspecified atom stereocenters. The van der Waals surface area contributed by atoms with Crippen LogP contribution in [0.4, 0.5) is 4.39 Å². The lowest BCUT2D eigenvalue weighted by molar-refractivity contribution is -0.126. The van der Waals surface area contributed by atoms with Crippen LogP contribution in [0.15, 0.2) is 67.1 Å². The molecule has 0 saturated carbocycles. The fraction of sp³-hybridized carbons (Fsp3) is 0.261. The van der Waals surface area contributed by atoms with Gasteiger partial charge >= 0.3 is 0 Å². The molecule has 1 saturated heterocycles. The zero-order valence-corrected chi connectivity index (χ0v) is 16.5. The molecule has 1 aliphatic rings. The van der Waals surface area contributed by atoms with Gasteiger partial charge in [-0.1, -0.05) is 12.1 Å². The zero-order valence-electron chi connectivity index (χ0n) is 16.5. The Hall–Kier alpha value is -3.48. The van der Waals surface area contributed by atoms with Crippen LogP contribution in [0.3, 0.4) is 0 Å². The van der Waals surface area contributed by atoms with Gasteiger partial charge in [-0.3, -0.25) is 14.6 Å². The number of aromatic nitrogens is 2. The van der Waals surface area contributed by atoms with Crippen LogP contribution in [0.25, 0.3) is 5.69 Å². The second-order valence-corrected chi connectivity index (χ2v) is 7.39. The summed E-state index contributed by atoms with van der Waals surface area (Å²) in [6.07, 6.45) is 6.50. The fourth-order valence-corrected chi connectivity index (χ4v) is 3.72. The van der Waals surface area contributed by atoms with Crippen LogP contribution in [0.2, 0.25) is 0 Å². The number of nitrogens with one attached hydrogen (secondary N) is 1. The lowest BCUT2D eigenvalue weighted by atomic mass is 9.95. The first-order valence-corrected chi connectivity index (χ1v) is 10.0. The number of hydrogen-bond donors (Lipinski definition) is 1. The van der Waals surface area contributed by atoms with Gasteiger partial charge in [0.15, 0.2) is 0 Å². The van der Waals surface area contributed by atoms with Crippen molar-refractivity contribution >= 4 is 11.8 Å². The molecule has 0 spiro atoms. The van der Waals surface area contributed by atoms with Crippen molar-refractivity contribution < 1.29 is 14.0 Å². The van der Waals surface area contributed by atoms with E-state index in [4.69, 9.17) is 0 Å². The Morgan fingerprint density at radius 3 is 2.53 bits per heavy atom. The molecular formula is C23H23FN4O2. The minimum atomic E-state index is -0.295. The Balaban J connectivity index is 1.32. The number of benzene rings is 1. The third kappa shape index (κ3) is 4.40. The average molecular weight is 406 g/mol. The van der Waals surface area contributed by atoms with E-state index in [1.165, 1.54) is 12.1 Å². The van der Waals surface area contributed by atoms with Crippen molar-refractivity contribution in [3.63, 3.8) is 0 Å². The van der Waals surface area contributed by atoms with E-state index < -0.39 is 0 Å². The van der Waals surface area contributed by atoms with Crippen molar-refractivity contribution in [1.82, 2.24) is 19.8 Å². The number of likely N-dealkylation sites (tertiary alicyclic amines) is 1. The van der Waals surface area contributed by atoms with Crippen LogP contribution < -0.4 is 5.32 Å². The lowest BCUT2D eigenvalue weighted by Gasteiger charge is -2.31. The van der Waals surface area contributed by atoms with E-state index in [9.17, 15) is 14.0 Å². The molecule has 154 valence electrons. The minimum absolute atomic E-state index is 0.0230. The number of hydrogen-bond acceptors (Lipinski definition) is 3. The van der Waals surface area contributed by atoms with Crippen LogP contribution in [-0.2, 0) is 11.3 Å². The van der Waals surface area contributed by atoms with Gasteiger partial charge in [0.1, 0.15) is 11.5 Å². The Bertz CT molecular complexity index is 1010. The molecule has 4 rings (SSSR count). The minimum Gasteiger partial charge on any atom is -0.352 e. The Morgan fingerprint density at radius 1 is 1.07 bits per heavy atom. The number of halogens is 1. The van der Waals surface area contributed by atoms with Gasteiger partial charge in [0.25, 0.3) is 5.91 Å². The summed E-state index contributed by atoms with van der Waals surface area (Å²) < 4.78 is 14.8. The zero-order chi connectivity index (χ0) is 20.9. The highest BCUT2D eigenvalue weighted by Crippen LogP contribution is 2.21. The fourth-order valence-electron chi connectivity index (χ4n) is 3.72. The summed E-state index contributed by atoms with van der Waals surface area (Å²) in [5.74, 6) is -0.490. The molecule has 0 radical (unpaired) electrons. The van der Waals surface area contributed by atoms with E-state index in [0.29, 0.717) is 38.2 Å². The maximum absolute atomic E-state index is 13.0. The molecule has 3 heterocycles. The van der Waals surface area contributed by atoms with Gasteiger partial charge in [-0.05, 0) is 54.8 Å². The molecule has 0 bridgehead atoms. The van der Waals surface area contributed by atoms with Crippen LogP contribution in [0, 0.1) is 11.7 Å². The van der Waals surface area contributed by atoms with Gasteiger partial charge in [-0.15, -0.1) is 0 Å². The van der Waals surface area contributed by atoms with E-state index in [1.54, 1.807) is 35.5 Å². The number of carbonyl (C=O) groups excluding carboxylic acids is 2. The third-order valence-electron chi connectivity index (χ3n) is 5.42. The normalized spacial score (nSPS) is 14.5. The first-order chi connectivity index (χ1) is 14.6. The monoisotopic (exact) mass is 406 g/mol. The molecule has 0 atom stereocenters. The summed E-state index contributed by atoms with van der Waals surface area (Å²) in [7, 11) is 0. The molecule has 0 aliphatic carbocycles. The van der Waals surface area contributed by atoms with Crippen molar-refractivity contribution in [2.45, 2.75) is 19.4 Å². The molecule has 1 aromatic carbocycles. The van der Waals surface area contributed by atoms with Gasteiger partial charge in [-0.25, -0.2) is 4.39 Å². The second kappa shape index (κ2) is 8.90. The summed E-state index contributed by atoms with van der Waals surface area (Å²) >= 11 is 0. The van der Waals surface area contributed by atoms with Crippen molar-refractivity contribution in [3.8, 4) is 5.69 Å². The molecule has 1 fully saturated rings. The quantitative estimate of drug-likeness (QED) is 0.708. The van der Waals surface area contributed by atoms with E-state index in [-0.39, 0.29) is 23.5 Å². The average Bonchev–Trinajstić information content (AvgIpc) is 3.29. The second-order valence-electron chi connectivity index (χ2n) is 7.39. The van der Waals surface area contributed by atoms with E-state index in [1.807, 2.05) is 29.0 Å². The van der Waals surface area contributed by atoms with Gasteiger partial charge in [-0.2, -0.15) is 0 Å². The van der Waals surface area contributed by atoms with E-state index in [2.05, 4.69) is 10.3 Å². The molecule has 7 heteroatoms. The van der Waals surface area contributed by atoms with Crippen molar-refractivity contribution in [2.75, 3.05) is 13.1 Å². The highest BCUT2D eigenvalue weighted by molar-refractivity contribution is 5.93. The highest BCUT2D eigenvalue weighted by atomic mass is 19.1. The summed E-state index contributed by atoms with van der Waals surface area (Å²) in [6.45, 7) is 1.44. The first kappa shape index (κ1) is 19.8. The number of nitrogens with zero attached hydrogens (tertiary/aromatic N) is 3. The first-order valence-electron chi connectivity index (χ1n) is 10.0. The molecule has 6 nitrogen and oxygen atoms in total. The maximum atomic E-state index is 13.0. The van der Waals surface area contributed by atoms with Crippen molar-refractivity contribution in [1.29, 1.82) is 0 Å². The predicted octanol–water partition coefficient (Wildman–Crippen LogP) is 3.18. The number of pyridine rings is 1. The van der Waals surface area contributed by atoms with E-state index in [0.717, 1.165) is 11.3 Å². The molecule has 1 N–H and O–H groups in total. The SMILES string of the molecule is O=C(NCc1ccc(F)cc1)C1CCN(C(=O)c2cccn2-c2cccnc2)CC1. The van der Waals surface area contributed by atoms with Crippen LogP contribution in [0.5, 0.6) is 0 Å². The Labute approximate surface area is 174 Å². The Kier molecular flexibility index (Phi) is 5.88. The summed E-state index contributed by atoms with van der Waals surface area (Å²) in [4.78, 5) is 31.4. The van der Waals surface area contributed by atoms with Gasteiger partial charge in [0, 0.05) is 37.9 Å². The molecule has 2 aromatic heterocycles. The number of carbonyl (C=O) groups is 2. The van der Waals surface area contributed by atoms with Crippen LogP contribution in [0.1, 0.15) is 28.9 Å². The van der Waals surface area contributed by atoms with Gasteiger partial charge in [0.2, 0.25) is 5.91 Å². The van der Waals surface area contributed by atoms with Gasteiger partial charge in [0.05, 0.1) is 11.9 Å². The largest absolute Gasteiger partial charge is 0.352 e. The summed E-state index contributed by atoms with van der Waals surface area (Å²) in [5.41, 5.74) is 2.27. The summed E-state index contributed by atoms with van der Waals surface area (Å²) in [6, 6.07) is 13.5. The van der Waals surface area contributed by atoms with Crippen LogP contribution in [-0.4, -0.2) is 39.4 Å². The molecule has 3 aromatic rings. The molecule has 1 aliphatic heterocycles. The van der Waals surface area contributed by atoms with Crippen molar-refractivity contribution in [2.24, 2.45) is 5.92 Å². The number of rotatable bonds is 5. The van der Waals surface area contributed by atoms with Gasteiger partial charge < -0.3 is 14.8 Å². The maximum Gasteiger partial charge on any atom is 0.270 e. The molecular weight excluding hydrogens is 383 g/mol. The lowest BCUT2D eigenvalue weighted by Crippen LogP contribution is -2.43. The van der Waals surface area contributed by atoms with E-state index >= 15 is 0 Å². The standard InChI is InChI=1S/C23H23FN4O2/c24-19-7-5-17(6-8-19)15-26-22(29)18-9-13-27(14-10-18)23(30)21-4-2-12-28(21)20-3-1-11-25-16-20/h1-8,11-12,16,18H,9-10,13-15H2,(H,26,29). The van der Waals surface area contributed by atoms with Crippen LogP contribution >= 0.6 is 0 Å². The molecule has 2 amide bonds. The topological polar surface area (TPSA) is 67.2 Å². The highest BCUT2D eigenvalue weighted by Gasteiger charge is 2.28. The third-order valence-corrected chi connectivity index (χ3v) is 5.42. The number of amides is 2. The molecule has 30 heavy (non-hydrogen) atoms. The number of piperidine rings is 1. The van der Waals surface area contributed by atoms with Crippen molar-refractivity contribution in [3.05, 3.63) is 84.2 Å².